The number of halogens is 2. The van der Waals surface area contributed by atoms with E-state index in [1.165, 1.54) is 4.31 Å². The SMILES string of the molecule is CCCNC(=O)[C@@H](Cc1ccccc1)N(Cc1ccc(Cl)cc1Cl)C(=O)CCCN(c1ccccc1)S(C)(=O)=O. The highest BCUT2D eigenvalue weighted by Gasteiger charge is 2.31. The van der Waals surface area contributed by atoms with Crippen molar-refractivity contribution < 1.29 is 18.0 Å². The van der Waals surface area contributed by atoms with E-state index in [9.17, 15) is 18.0 Å². The van der Waals surface area contributed by atoms with Crippen molar-refractivity contribution in [3.63, 3.8) is 0 Å². The third kappa shape index (κ3) is 9.25. The van der Waals surface area contributed by atoms with E-state index in [0.29, 0.717) is 34.3 Å². The van der Waals surface area contributed by atoms with Crippen LogP contribution in [0.15, 0.2) is 78.9 Å². The predicted octanol–water partition coefficient (Wildman–Crippen LogP) is 5.71. The molecular formula is C30H35Cl2N3O4S. The average Bonchev–Trinajstić information content (AvgIpc) is 2.93. The lowest BCUT2D eigenvalue weighted by Gasteiger charge is -2.32. The normalized spacial score (nSPS) is 12.0. The van der Waals surface area contributed by atoms with Gasteiger partial charge in [-0.05, 0) is 48.2 Å². The van der Waals surface area contributed by atoms with Crippen molar-refractivity contribution in [1.29, 1.82) is 0 Å². The molecule has 1 atom stereocenters. The molecule has 0 saturated carbocycles. The Balaban J connectivity index is 1.89. The van der Waals surface area contributed by atoms with Gasteiger partial charge in [-0.3, -0.25) is 13.9 Å². The molecule has 0 fully saturated rings. The summed E-state index contributed by atoms with van der Waals surface area (Å²) in [6, 6.07) is 22.5. The van der Waals surface area contributed by atoms with E-state index in [1.807, 2.05) is 43.3 Å². The Bertz CT molecular complexity index is 1370. The third-order valence-electron chi connectivity index (χ3n) is 6.37. The van der Waals surface area contributed by atoms with Crippen LogP contribution in [-0.4, -0.2) is 50.5 Å². The smallest absolute Gasteiger partial charge is 0.243 e. The van der Waals surface area contributed by atoms with Crippen molar-refractivity contribution in [2.45, 2.75) is 45.2 Å². The molecule has 3 aromatic carbocycles. The van der Waals surface area contributed by atoms with Crippen molar-refractivity contribution in [3.8, 4) is 0 Å². The lowest BCUT2D eigenvalue weighted by molar-refractivity contribution is -0.141. The topological polar surface area (TPSA) is 86.8 Å². The van der Waals surface area contributed by atoms with E-state index in [0.717, 1.165) is 18.2 Å². The van der Waals surface area contributed by atoms with Gasteiger partial charge in [-0.15, -0.1) is 0 Å². The van der Waals surface area contributed by atoms with Crippen molar-refractivity contribution >= 4 is 50.7 Å². The van der Waals surface area contributed by atoms with Crippen LogP contribution in [-0.2, 0) is 32.6 Å². The molecule has 0 spiro atoms. The summed E-state index contributed by atoms with van der Waals surface area (Å²) < 4.78 is 26.3. The monoisotopic (exact) mass is 603 g/mol. The number of sulfonamides is 1. The number of anilines is 1. The number of nitrogens with one attached hydrogen (secondary N) is 1. The molecule has 214 valence electrons. The van der Waals surface area contributed by atoms with E-state index < -0.39 is 16.1 Å². The van der Waals surface area contributed by atoms with Gasteiger partial charge in [-0.1, -0.05) is 84.7 Å². The number of carbonyl (C=O) groups is 2. The number of carbonyl (C=O) groups excluding carboxylic acids is 2. The highest BCUT2D eigenvalue weighted by Crippen LogP contribution is 2.25. The summed E-state index contributed by atoms with van der Waals surface area (Å²) in [5.74, 6) is -0.536. The molecular weight excluding hydrogens is 569 g/mol. The number of nitrogens with zero attached hydrogens (tertiary/aromatic N) is 2. The van der Waals surface area contributed by atoms with Crippen LogP contribution >= 0.6 is 23.2 Å². The molecule has 40 heavy (non-hydrogen) atoms. The number of benzene rings is 3. The minimum atomic E-state index is -3.56. The zero-order valence-electron chi connectivity index (χ0n) is 22.7. The lowest BCUT2D eigenvalue weighted by atomic mass is 10.0. The van der Waals surface area contributed by atoms with Crippen LogP contribution < -0.4 is 9.62 Å². The van der Waals surface area contributed by atoms with Gasteiger partial charge in [0.15, 0.2) is 0 Å². The van der Waals surface area contributed by atoms with Gasteiger partial charge in [0.25, 0.3) is 0 Å². The van der Waals surface area contributed by atoms with Crippen LogP contribution in [0.1, 0.15) is 37.3 Å². The zero-order chi connectivity index (χ0) is 29.1. The van der Waals surface area contributed by atoms with Crippen LogP contribution in [0.25, 0.3) is 0 Å². The molecule has 0 radical (unpaired) electrons. The second kappa shape index (κ2) is 15.1. The number of hydrogen-bond donors (Lipinski definition) is 1. The lowest BCUT2D eigenvalue weighted by Crippen LogP contribution is -2.50. The molecule has 0 aliphatic heterocycles. The van der Waals surface area contributed by atoms with Gasteiger partial charge >= 0.3 is 0 Å². The van der Waals surface area contributed by atoms with Gasteiger partial charge in [0.05, 0.1) is 11.9 Å². The Kier molecular flexibility index (Phi) is 11.9. The van der Waals surface area contributed by atoms with Crippen LogP contribution in [0.3, 0.4) is 0 Å². The Morgan fingerprint density at radius 1 is 0.950 bits per heavy atom. The minimum absolute atomic E-state index is 0.0381. The first-order valence-electron chi connectivity index (χ1n) is 13.2. The first kappa shape index (κ1) is 31.5. The molecule has 7 nitrogen and oxygen atoms in total. The Hall–Kier alpha value is -3.07. The van der Waals surface area contributed by atoms with Gasteiger partial charge in [0.2, 0.25) is 21.8 Å². The van der Waals surface area contributed by atoms with Gasteiger partial charge in [0.1, 0.15) is 6.04 Å². The maximum atomic E-state index is 13.8. The van der Waals surface area contributed by atoms with Crippen LogP contribution in [0.2, 0.25) is 10.0 Å². The quantitative estimate of drug-likeness (QED) is 0.256. The summed E-state index contributed by atoms with van der Waals surface area (Å²) in [5, 5.41) is 3.80. The number of amides is 2. The molecule has 0 saturated heterocycles. The van der Waals surface area contributed by atoms with Gasteiger partial charge < -0.3 is 10.2 Å². The fraction of sp³-hybridized carbons (Fsp3) is 0.333. The number of hydrogen-bond acceptors (Lipinski definition) is 4. The van der Waals surface area contributed by atoms with E-state index in [-0.39, 0.29) is 37.7 Å². The predicted molar refractivity (Wildman–Crippen MR) is 162 cm³/mol. The molecule has 0 unspecified atom stereocenters. The van der Waals surface area contributed by atoms with E-state index >= 15 is 0 Å². The third-order valence-corrected chi connectivity index (χ3v) is 8.15. The first-order chi connectivity index (χ1) is 19.1. The van der Waals surface area contributed by atoms with Crippen molar-refractivity contribution in [2.24, 2.45) is 0 Å². The van der Waals surface area contributed by atoms with Crippen LogP contribution in [0, 0.1) is 0 Å². The second-order valence-electron chi connectivity index (χ2n) is 9.53. The summed E-state index contributed by atoms with van der Waals surface area (Å²) in [6.07, 6.45) is 2.51. The molecule has 1 N–H and O–H groups in total. The molecule has 0 heterocycles. The Labute approximate surface area is 247 Å². The van der Waals surface area contributed by atoms with E-state index in [4.69, 9.17) is 23.2 Å². The minimum Gasteiger partial charge on any atom is -0.354 e. The molecule has 2 amide bonds. The molecule has 3 aromatic rings. The Morgan fingerprint density at radius 3 is 2.20 bits per heavy atom. The summed E-state index contributed by atoms with van der Waals surface area (Å²) in [4.78, 5) is 28.8. The van der Waals surface area contributed by atoms with E-state index in [1.54, 1.807) is 47.4 Å². The summed E-state index contributed by atoms with van der Waals surface area (Å²) in [5.41, 5.74) is 2.09. The largest absolute Gasteiger partial charge is 0.354 e. The Morgan fingerprint density at radius 2 is 1.60 bits per heavy atom. The molecule has 3 rings (SSSR count). The second-order valence-corrected chi connectivity index (χ2v) is 12.3. The number of rotatable bonds is 14. The summed E-state index contributed by atoms with van der Waals surface area (Å²) in [6.45, 7) is 2.66. The molecule has 0 bridgehead atoms. The van der Waals surface area contributed by atoms with Crippen molar-refractivity contribution in [3.05, 3.63) is 100 Å². The molecule has 0 aliphatic rings. The summed E-state index contributed by atoms with van der Waals surface area (Å²) in [7, 11) is -3.56. The zero-order valence-corrected chi connectivity index (χ0v) is 25.1. The highest BCUT2D eigenvalue weighted by molar-refractivity contribution is 7.92. The molecule has 0 aliphatic carbocycles. The highest BCUT2D eigenvalue weighted by atomic mass is 35.5. The van der Waals surface area contributed by atoms with Gasteiger partial charge in [-0.2, -0.15) is 0 Å². The fourth-order valence-corrected chi connectivity index (χ4v) is 5.79. The standard InChI is InChI=1S/C30H35Cl2N3O4S/c1-3-18-33-30(37)28(20-23-11-6-4-7-12-23)34(22-24-16-17-25(31)21-27(24)32)29(36)15-10-19-35(40(2,38)39)26-13-8-5-9-14-26/h4-9,11-14,16-17,21,28H,3,10,15,18-20,22H2,1-2H3,(H,33,37)/t28-/m1/s1. The number of para-hydroxylation sites is 1. The summed E-state index contributed by atoms with van der Waals surface area (Å²) >= 11 is 12.6. The van der Waals surface area contributed by atoms with Gasteiger partial charge in [0, 0.05) is 42.5 Å². The van der Waals surface area contributed by atoms with Crippen LogP contribution in [0.5, 0.6) is 0 Å². The molecule has 0 aromatic heterocycles. The average molecular weight is 605 g/mol. The molecule has 10 heteroatoms. The van der Waals surface area contributed by atoms with Crippen molar-refractivity contribution in [2.75, 3.05) is 23.7 Å². The first-order valence-corrected chi connectivity index (χ1v) is 15.8. The fourth-order valence-electron chi connectivity index (χ4n) is 4.35. The maximum Gasteiger partial charge on any atom is 0.243 e. The van der Waals surface area contributed by atoms with E-state index in [2.05, 4.69) is 5.32 Å². The van der Waals surface area contributed by atoms with Crippen molar-refractivity contribution in [1.82, 2.24) is 10.2 Å². The van der Waals surface area contributed by atoms with Gasteiger partial charge in [-0.25, -0.2) is 8.42 Å². The maximum absolute atomic E-state index is 13.8. The van der Waals surface area contributed by atoms with Crippen LogP contribution in [0.4, 0.5) is 5.69 Å².